The van der Waals surface area contributed by atoms with Crippen molar-refractivity contribution in [1.82, 2.24) is 18.7 Å². The van der Waals surface area contributed by atoms with E-state index in [1.54, 1.807) is 0 Å². The number of fused-ring (bicyclic) bond motifs is 9. The number of rotatable bonds is 6. The van der Waals surface area contributed by atoms with Gasteiger partial charge in [0.1, 0.15) is 11.3 Å². The number of aromatic nitrogens is 4. The van der Waals surface area contributed by atoms with Crippen molar-refractivity contribution in [3.05, 3.63) is 200 Å². The third-order valence-corrected chi connectivity index (χ3v) is 11.5. The molecule has 0 radical (unpaired) electrons. The molecule has 9 aromatic rings. The molecule has 3 aromatic heterocycles. The van der Waals surface area contributed by atoms with Gasteiger partial charge in [-0.15, -0.1) is 0 Å². The van der Waals surface area contributed by atoms with E-state index >= 15 is 0 Å². The van der Waals surface area contributed by atoms with E-state index in [1.807, 2.05) is 38.2 Å². The Bertz CT molecular complexity index is 3070. The van der Waals surface area contributed by atoms with Gasteiger partial charge in [0, 0.05) is 44.2 Å². The summed E-state index contributed by atoms with van der Waals surface area (Å²) in [4.78, 5) is 5.48. The molecule has 0 saturated carbocycles. The SMILES string of the molecule is C/C=C\C.C=C/C=C\C(=C/C)c1nc2c(c3cc4c5ccccc5n(-c5ccc6c(c5)C(C)(C)c5ccccc5-6)c4cc3n2-c2ccccc2)n1-c1ccccc1. The lowest BCUT2D eigenvalue weighted by Crippen LogP contribution is -2.15. The first kappa shape index (κ1) is 35.8. The molecule has 278 valence electrons. The Labute approximate surface area is 334 Å². The van der Waals surface area contributed by atoms with E-state index in [0.717, 1.165) is 44.8 Å². The number of benzene rings is 6. The summed E-state index contributed by atoms with van der Waals surface area (Å²) in [5.41, 5.74) is 15.1. The van der Waals surface area contributed by atoms with Gasteiger partial charge in [-0.05, 0) is 97.6 Å². The summed E-state index contributed by atoms with van der Waals surface area (Å²) in [6.07, 6.45) is 12.0. The van der Waals surface area contributed by atoms with Crippen LogP contribution in [0.1, 0.15) is 51.6 Å². The summed E-state index contributed by atoms with van der Waals surface area (Å²) < 4.78 is 7.12. The molecule has 0 spiro atoms. The van der Waals surface area contributed by atoms with Gasteiger partial charge >= 0.3 is 0 Å². The largest absolute Gasteiger partial charge is 0.309 e. The van der Waals surface area contributed by atoms with Gasteiger partial charge in [0.25, 0.3) is 0 Å². The standard InChI is InChI=1S/C49H38N4.C4H8/c1-5-7-18-32(6-2)47-50-48-46(53(47)34-21-12-9-13-22-34)40-30-39-38-24-15-17-26-43(38)51(44(39)31-45(40)52(48)33-19-10-8-11-20-33)35-27-28-37-36-23-14-16-25-41(36)49(3,4)42(37)29-35;1-3-4-2/h5-31H,1H2,2-4H3;3-4H,1-2H3/b18-7-,32-6+;4-3-. The molecule has 0 saturated heterocycles. The Kier molecular flexibility index (Phi) is 8.98. The number of para-hydroxylation sites is 3. The summed E-state index contributed by atoms with van der Waals surface area (Å²) in [5.74, 6) is 0.887. The second kappa shape index (κ2) is 14.3. The molecule has 1 aliphatic rings. The Balaban J connectivity index is 0.00000101. The molecular weight excluding hydrogens is 693 g/mol. The Morgan fingerprint density at radius 1 is 0.561 bits per heavy atom. The van der Waals surface area contributed by atoms with Crippen LogP contribution in [0.3, 0.4) is 0 Å². The van der Waals surface area contributed by atoms with E-state index in [2.05, 4.69) is 193 Å². The molecule has 4 nitrogen and oxygen atoms in total. The zero-order valence-electron chi connectivity index (χ0n) is 33.2. The number of allylic oxidation sites excluding steroid dienone is 7. The van der Waals surface area contributed by atoms with Crippen molar-refractivity contribution in [2.24, 2.45) is 0 Å². The lowest BCUT2D eigenvalue weighted by atomic mass is 9.82. The predicted octanol–water partition coefficient (Wildman–Crippen LogP) is 14.1. The van der Waals surface area contributed by atoms with E-state index in [-0.39, 0.29) is 5.41 Å². The molecule has 0 unspecified atom stereocenters. The molecule has 4 heteroatoms. The van der Waals surface area contributed by atoms with Gasteiger partial charge in [-0.3, -0.25) is 9.13 Å². The van der Waals surface area contributed by atoms with Crippen molar-refractivity contribution in [2.75, 3.05) is 0 Å². The quantitative estimate of drug-likeness (QED) is 0.123. The van der Waals surface area contributed by atoms with Gasteiger partial charge in [0.05, 0.1) is 16.6 Å². The van der Waals surface area contributed by atoms with Crippen LogP contribution in [0.25, 0.3) is 77.6 Å². The monoisotopic (exact) mass is 738 g/mol. The van der Waals surface area contributed by atoms with Crippen LogP contribution in [-0.4, -0.2) is 18.7 Å². The summed E-state index contributed by atoms with van der Waals surface area (Å²) in [6, 6.07) is 50.7. The number of hydrogen-bond acceptors (Lipinski definition) is 1. The fraction of sp³-hybridized carbons (Fsp3) is 0.113. The molecule has 3 heterocycles. The smallest absolute Gasteiger partial charge is 0.165 e. The van der Waals surface area contributed by atoms with Crippen molar-refractivity contribution < 1.29 is 0 Å². The van der Waals surface area contributed by atoms with Crippen LogP contribution in [-0.2, 0) is 5.41 Å². The third kappa shape index (κ3) is 5.63. The topological polar surface area (TPSA) is 27.7 Å². The lowest BCUT2D eigenvalue weighted by Gasteiger charge is -2.22. The Morgan fingerprint density at radius 3 is 1.89 bits per heavy atom. The summed E-state index contributed by atoms with van der Waals surface area (Å²) in [7, 11) is 0. The van der Waals surface area contributed by atoms with Crippen LogP contribution in [0.2, 0.25) is 0 Å². The highest BCUT2D eigenvalue weighted by molar-refractivity contribution is 6.18. The van der Waals surface area contributed by atoms with Crippen LogP contribution in [0.4, 0.5) is 0 Å². The van der Waals surface area contributed by atoms with Crippen LogP contribution in [0, 0.1) is 0 Å². The maximum atomic E-state index is 5.48. The summed E-state index contributed by atoms with van der Waals surface area (Å²) >= 11 is 0. The Hall–Kier alpha value is -6.91. The number of imidazole rings is 1. The van der Waals surface area contributed by atoms with E-state index in [1.165, 1.54) is 49.7 Å². The average Bonchev–Trinajstić information content (AvgIpc) is 3.95. The molecule has 0 bridgehead atoms. The van der Waals surface area contributed by atoms with E-state index in [0.29, 0.717) is 0 Å². The van der Waals surface area contributed by atoms with Gasteiger partial charge in [0.15, 0.2) is 5.65 Å². The highest BCUT2D eigenvalue weighted by atomic mass is 15.2. The van der Waals surface area contributed by atoms with Crippen molar-refractivity contribution in [2.45, 2.75) is 40.0 Å². The molecule has 0 amide bonds. The molecule has 1 aliphatic carbocycles. The van der Waals surface area contributed by atoms with Crippen LogP contribution < -0.4 is 0 Å². The van der Waals surface area contributed by atoms with Gasteiger partial charge in [-0.1, -0.05) is 142 Å². The normalized spacial score (nSPS) is 13.5. The lowest BCUT2D eigenvalue weighted by molar-refractivity contribution is 0.660. The maximum Gasteiger partial charge on any atom is 0.165 e. The van der Waals surface area contributed by atoms with E-state index in [4.69, 9.17) is 4.98 Å². The van der Waals surface area contributed by atoms with Gasteiger partial charge in [-0.2, -0.15) is 0 Å². The van der Waals surface area contributed by atoms with Crippen LogP contribution >= 0.6 is 0 Å². The van der Waals surface area contributed by atoms with Crippen molar-refractivity contribution in [3.63, 3.8) is 0 Å². The minimum absolute atomic E-state index is 0.0972. The highest BCUT2D eigenvalue weighted by Crippen LogP contribution is 2.50. The molecule has 0 aliphatic heterocycles. The van der Waals surface area contributed by atoms with Crippen molar-refractivity contribution >= 4 is 49.4 Å². The van der Waals surface area contributed by atoms with Gasteiger partial charge in [-0.25, -0.2) is 4.98 Å². The number of hydrogen-bond donors (Lipinski definition) is 0. The Morgan fingerprint density at radius 2 is 1.19 bits per heavy atom. The molecular formula is C53H46N4. The first-order valence-corrected chi connectivity index (χ1v) is 19.8. The molecule has 6 aromatic carbocycles. The average molecular weight is 739 g/mol. The van der Waals surface area contributed by atoms with Gasteiger partial charge < -0.3 is 4.57 Å². The van der Waals surface area contributed by atoms with Crippen molar-refractivity contribution in [3.8, 4) is 28.2 Å². The molecule has 0 atom stereocenters. The predicted molar refractivity (Wildman–Crippen MR) is 243 cm³/mol. The third-order valence-electron chi connectivity index (χ3n) is 11.5. The first-order valence-electron chi connectivity index (χ1n) is 19.8. The van der Waals surface area contributed by atoms with Crippen LogP contribution in [0.15, 0.2) is 183 Å². The maximum absolute atomic E-state index is 5.48. The fourth-order valence-corrected chi connectivity index (χ4v) is 8.74. The van der Waals surface area contributed by atoms with Gasteiger partial charge in [0.2, 0.25) is 0 Å². The molecule has 57 heavy (non-hydrogen) atoms. The minimum atomic E-state index is -0.0972. The molecule has 0 fully saturated rings. The summed E-state index contributed by atoms with van der Waals surface area (Å²) in [6.45, 7) is 14.7. The zero-order valence-corrected chi connectivity index (χ0v) is 33.2. The van der Waals surface area contributed by atoms with E-state index < -0.39 is 0 Å². The van der Waals surface area contributed by atoms with E-state index in [9.17, 15) is 0 Å². The van der Waals surface area contributed by atoms with Crippen LogP contribution in [0.5, 0.6) is 0 Å². The highest BCUT2D eigenvalue weighted by Gasteiger charge is 2.35. The summed E-state index contributed by atoms with van der Waals surface area (Å²) in [5, 5.41) is 3.58. The first-order chi connectivity index (χ1) is 27.9. The molecule has 0 N–H and O–H groups in total. The van der Waals surface area contributed by atoms with Crippen molar-refractivity contribution in [1.29, 1.82) is 0 Å². The minimum Gasteiger partial charge on any atom is -0.309 e. The second-order valence-corrected chi connectivity index (χ2v) is 15.1. The second-order valence-electron chi connectivity index (χ2n) is 15.1. The molecule has 10 rings (SSSR count). The fourth-order valence-electron chi connectivity index (χ4n) is 8.74. The number of nitrogens with zero attached hydrogens (tertiary/aromatic N) is 4. The zero-order chi connectivity index (χ0) is 39.3.